The summed E-state index contributed by atoms with van der Waals surface area (Å²) in [4.78, 5) is 28.1. The summed E-state index contributed by atoms with van der Waals surface area (Å²) >= 11 is 0. The molecule has 0 aliphatic heterocycles. The lowest BCUT2D eigenvalue weighted by molar-refractivity contribution is -0.139. The molecule has 0 heterocycles. The number of carbonyl (C=O) groups excluding carboxylic acids is 1. The van der Waals surface area contributed by atoms with E-state index in [1.165, 1.54) is 6.08 Å². The first-order valence-electron chi connectivity index (χ1n) is 3.19. The minimum Gasteiger partial charge on any atom is -0.468 e. The van der Waals surface area contributed by atoms with Crippen LogP contribution in [0.5, 0.6) is 0 Å². The van der Waals surface area contributed by atoms with E-state index in [4.69, 9.17) is 9.79 Å². The molecule has 0 fully saturated rings. The molecule has 6 heteroatoms. The van der Waals surface area contributed by atoms with Crippen LogP contribution in [0.2, 0.25) is 0 Å². The number of methoxy groups -OCH3 is 1. The Bertz CT molecular complexity index is 228. The van der Waals surface area contributed by atoms with E-state index >= 15 is 0 Å². The summed E-state index contributed by atoms with van der Waals surface area (Å²) in [6.07, 6.45) is 2.51. The molecule has 0 amide bonds. The molecule has 0 rings (SSSR count). The summed E-state index contributed by atoms with van der Waals surface area (Å²) in [6, 6.07) is 0. The Morgan fingerprint density at radius 3 is 2.33 bits per heavy atom. The van der Waals surface area contributed by atoms with Crippen molar-refractivity contribution >= 4 is 13.6 Å². The molecule has 5 nitrogen and oxygen atoms in total. The Morgan fingerprint density at radius 2 is 2.08 bits per heavy atom. The Morgan fingerprint density at radius 1 is 1.58 bits per heavy atom. The van der Waals surface area contributed by atoms with Crippen LogP contribution in [0.4, 0.5) is 0 Å². The molecule has 2 N–H and O–H groups in total. The largest absolute Gasteiger partial charge is 0.468 e. The summed E-state index contributed by atoms with van der Waals surface area (Å²) in [5.41, 5.74) is -1.48. The lowest BCUT2D eigenvalue weighted by atomic mass is 10.4. The topological polar surface area (TPSA) is 83.8 Å². The van der Waals surface area contributed by atoms with E-state index in [1.54, 1.807) is 6.92 Å². The second-order valence-electron chi connectivity index (χ2n) is 2.08. The van der Waals surface area contributed by atoms with E-state index in [2.05, 4.69) is 4.74 Å². The van der Waals surface area contributed by atoms with Gasteiger partial charge in [-0.2, -0.15) is 0 Å². The van der Waals surface area contributed by atoms with Crippen molar-refractivity contribution in [2.75, 3.05) is 7.11 Å². The van der Waals surface area contributed by atoms with E-state index in [1.807, 2.05) is 0 Å². The zero-order chi connectivity index (χ0) is 9.78. The maximum atomic E-state index is 10.8. The Balaban J connectivity index is 4.68. The fourth-order valence-corrected chi connectivity index (χ4v) is 1.41. The fraction of sp³-hybridized carbons (Fsp3) is 0.500. The molecular formula is C6H11O5P. The molecule has 0 aromatic carbocycles. The summed E-state index contributed by atoms with van der Waals surface area (Å²) < 4.78 is 14.9. The quantitative estimate of drug-likeness (QED) is 0.383. The highest BCUT2D eigenvalue weighted by Crippen LogP contribution is 2.42. The second kappa shape index (κ2) is 4.40. The highest BCUT2D eigenvalue weighted by atomic mass is 31.2. The van der Waals surface area contributed by atoms with Crippen LogP contribution in [-0.2, 0) is 14.1 Å². The third-order valence-corrected chi connectivity index (χ3v) is 2.29. The second-order valence-corrected chi connectivity index (χ2v) is 3.82. The zero-order valence-corrected chi connectivity index (χ0v) is 7.69. The monoisotopic (exact) mass is 194 g/mol. The molecule has 0 saturated heterocycles. The normalized spacial score (nSPS) is 14.7. The van der Waals surface area contributed by atoms with Crippen molar-refractivity contribution in [3.8, 4) is 0 Å². The molecule has 0 bridgehead atoms. The smallest absolute Gasteiger partial charge is 0.343 e. The first-order chi connectivity index (χ1) is 5.43. The molecule has 1 atom stereocenters. The van der Waals surface area contributed by atoms with Gasteiger partial charge in [-0.05, 0) is 6.92 Å². The van der Waals surface area contributed by atoms with E-state index in [-0.39, 0.29) is 0 Å². The number of hydrogen-bond donors (Lipinski definition) is 2. The average molecular weight is 194 g/mol. The number of carbonyl (C=O) groups is 1. The third-order valence-electron chi connectivity index (χ3n) is 1.18. The van der Waals surface area contributed by atoms with Crippen LogP contribution in [0.3, 0.4) is 0 Å². The fourth-order valence-electron chi connectivity index (χ4n) is 0.631. The van der Waals surface area contributed by atoms with E-state index in [9.17, 15) is 9.36 Å². The van der Waals surface area contributed by atoms with Crippen LogP contribution in [0.25, 0.3) is 0 Å². The van der Waals surface area contributed by atoms with Gasteiger partial charge in [-0.3, -0.25) is 9.36 Å². The molecule has 0 saturated carbocycles. The first kappa shape index (κ1) is 11.4. The van der Waals surface area contributed by atoms with Crippen LogP contribution in [0.1, 0.15) is 6.92 Å². The number of allylic oxidation sites excluding steroid dienone is 1. The predicted octanol–water partition coefficient (Wildman–Crippen LogP) is 0.282. The van der Waals surface area contributed by atoms with Gasteiger partial charge in [0, 0.05) is 0 Å². The standard InChI is InChI=1S/C6H11O5P/c1-3-4-5(6(7)11-2)12(8,9)10/h3-5H,1-2H3,(H2,8,9,10). The highest BCUT2D eigenvalue weighted by Gasteiger charge is 2.33. The minimum atomic E-state index is -4.43. The van der Waals surface area contributed by atoms with Crippen LogP contribution in [0, 0.1) is 0 Å². The summed E-state index contributed by atoms with van der Waals surface area (Å²) in [5, 5.41) is 0. The third kappa shape index (κ3) is 3.17. The van der Waals surface area contributed by atoms with Gasteiger partial charge < -0.3 is 14.5 Å². The van der Waals surface area contributed by atoms with Gasteiger partial charge in [-0.25, -0.2) is 0 Å². The SMILES string of the molecule is CC=CC(C(=O)OC)P(=O)(O)O. The number of hydrogen-bond acceptors (Lipinski definition) is 3. The van der Waals surface area contributed by atoms with Crippen LogP contribution in [-0.4, -0.2) is 28.5 Å². The molecule has 0 spiro atoms. The molecule has 1 unspecified atom stereocenters. The lowest BCUT2D eigenvalue weighted by Gasteiger charge is -2.11. The first-order valence-corrected chi connectivity index (χ1v) is 4.87. The molecule has 0 aliphatic carbocycles. The van der Waals surface area contributed by atoms with E-state index in [0.29, 0.717) is 0 Å². The highest BCUT2D eigenvalue weighted by molar-refractivity contribution is 7.54. The van der Waals surface area contributed by atoms with Crippen molar-refractivity contribution in [3.05, 3.63) is 12.2 Å². The Hall–Kier alpha value is -0.640. The predicted molar refractivity (Wildman–Crippen MR) is 42.7 cm³/mol. The van der Waals surface area contributed by atoms with Gasteiger partial charge in [-0.1, -0.05) is 12.2 Å². The number of rotatable bonds is 3. The van der Waals surface area contributed by atoms with Gasteiger partial charge in [0.15, 0.2) is 5.66 Å². The summed E-state index contributed by atoms with van der Waals surface area (Å²) in [6.45, 7) is 1.56. The summed E-state index contributed by atoms with van der Waals surface area (Å²) in [5.74, 6) is -0.929. The van der Waals surface area contributed by atoms with Gasteiger partial charge in [0.2, 0.25) is 0 Å². The molecule has 0 aromatic rings. The van der Waals surface area contributed by atoms with Crippen molar-refractivity contribution < 1.29 is 23.9 Å². The number of ether oxygens (including phenoxy) is 1. The minimum absolute atomic E-state index is 0.929. The van der Waals surface area contributed by atoms with Crippen LogP contribution >= 0.6 is 7.60 Å². The molecule has 0 aliphatic rings. The van der Waals surface area contributed by atoms with Gasteiger partial charge >= 0.3 is 13.6 Å². The molecule has 70 valence electrons. The van der Waals surface area contributed by atoms with Gasteiger partial charge in [0.05, 0.1) is 7.11 Å². The van der Waals surface area contributed by atoms with E-state index in [0.717, 1.165) is 13.2 Å². The molecule has 12 heavy (non-hydrogen) atoms. The Labute approximate surface area is 70.2 Å². The van der Waals surface area contributed by atoms with Crippen molar-refractivity contribution in [1.82, 2.24) is 0 Å². The maximum absolute atomic E-state index is 10.8. The molecule has 0 radical (unpaired) electrons. The Kier molecular flexibility index (Phi) is 4.17. The van der Waals surface area contributed by atoms with Crippen molar-refractivity contribution in [1.29, 1.82) is 0 Å². The molecular weight excluding hydrogens is 183 g/mol. The zero-order valence-electron chi connectivity index (χ0n) is 6.80. The van der Waals surface area contributed by atoms with Gasteiger partial charge in [0.25, 0.3) is 0 Å². The molecule has 0 aromatic heterocycles. The maximum Gasteiger partial charge on any atom is 0.343 e. The van der Waals surface area contributed by atoms with Crippen molar-refractivity contribution in [2.24, 2.45) is 0 Å². The van der Waals surface area contributed by atoms with Gasteiger partial charge in [0.1, 0.15) is 0 Å². The lowest BCUT2D eigenvalue weighted by Crippen LogP contribution is -2.19. The van der Waals surface area contributed by atoms with Crippen molar-refractivity contribution in [2.45, 2.75) is 12.6 Å². The van der Waals surface area contributed by atoms with Crippen LogP contribution < -0.4 is 0 Å². The average Bonchev–Trinajstić information content (AvgIpc) is 1.96. The van der Waals surface area contributed by atoms with E-state index < -0.39 is 19.2 Å². The summed E-state index contributed by atoms with van der Waals surface area (Å²) in [7, 11) is -3.35. The van der Waals surface area contributed by atoms with Gasteiger partial charge in [-0.15, -0.1) is 0 Å². The van der Waals surface area contributed by atoms with Crippen LogP contribution in [0.15, 0.2) is 12.2 Å². The van der Waals surface area contributed by atoms with Crippen molar-refractivity contribution in [3.63, 3.8) is 0 Å². The number of esters is 1.